The standard InChI is InChI=1S/C12H20O/c1-9-4-5-10-8-12(9,6-7-13)11(10,2)3/h4,10,13H,5-8H2,1-3H3. The summed E-state index contributed by atoms with van der Waals surface area (Å²) in [4.78, 5) is 0. The zero-order valence-corrected chi connectivity index (χ0v) is 8.93. The molecular weight excluding hydrogens is 160 g/mol. The number of aliphatic hydroxyl groups is 1. The summed E-state index contributed by atoms with van der Waals surface area (Å²) >= 11 is 0. The molecule has 2 bridgehead atoms. The number of fused-ring (bicyclic) bond motifs is 1. The molecule has 0 heterocycles. The highest BCUT2D eigenvalue weighted by atomic mass is 16.3. The first kappa shape index (κ1) is 9.26. The van der Waals surface area contributed by atoms with E-state index in [1.54, 1.807) is 0 Å². The van der Waals surface area contributed by atoms with Gasteiger partial charge in [-0.05, 0) is 42.9 Å². The smallest absolute Gasteiger partial charge is 0.0439 e. The van der Waals surface area contributed by atoms with Crippen LogP contribution in [-0.2, 0) is 0 Å². The summed E-state index contributed by atoms with van der Waals surface area (Å²) in [7, 11) is 0. The molecule has 1 fully saturated rings. The molecule has 0 aromatic heterocycles. The lowest BCUT2D eigenvalue weighted by atomic mass is 9.39. The molecule has 74 valence electrons. The van der Waals surface area contributed by atoms with Crippen LogP contribution in [0.15, 0.2) is 11.6 Å². The van der Waals surface area contributed by atoms with Gasteiger partial charge in [0.1, 0.15) is 0 Å². The SMILES string of the molecule is CC1=CCC2CC1(CCO)C2(C)C. The van der Waals surface area contributed by atoms with E-state index in [-0.39, 0.29) is 0 Å². The van der Waals surface area contributed by atoms with Crippen LogP contribution in [0.4, 0.5) is 0 Å². The zero-order valence-electron chi connectivity index (χ0n) is 8.93. The summed E-state index contributed by atoms with van der Waals surface area (Å²) in [6, 6.07) is 0. The fourth-order valence-corrected chi connectivity index (χ4v) is 3.57. The Bertz CT molecular complexity index is 252. The number of hydrogen-bond acceptors (Lipinski definition) is 1. The average Bonchev–Trinajstić information content (AvgIpc) is 2.08. The predicted octanol–water partition coefficient (Wildman–Crippen LogP) is 2.75. The maximum Gasteiger partial charge on any atom is 0.0439 e. The minimum absolute atomic E-state index is 0.335. The Kier molecular flexibility index (Phi) is 1.85. The minimum Gasteiger partial charge on any atom is -0.396 e. The van der Waals surface area contributed by atoms with E-state index in [0.29, 0.717) is 17.4 Å². The van der Waals surface area contributed by atoms with Crippen LogP contribution in [0.1, 0.15) is 40.0 Å². The van der Waals surface area contributed by atoms with Crippen molar-refractivity contribution in [1.29, 1.82) is 0 Å². The Morgan fingerprint density at radius 1 is 1.54 bits per heavy atom. The van der Waals surface area contributed by atoms with Gasteiger partial charge in [-0.1, -0.05) is 25.5 Å². The van der Waals surface area contributed by atoms with Crippen molar-refractivity contribution in [2.24, 2.45) is 16.7 Å². The third kappa shape index (κ3) is 0.914. The van der Waals surface area contributed by atoms with Gasteiger partial charge in [0.15, 0.2) is 0 Å². The molecule has 2 atom stereocenters. The van der Waals surface area contributed by atoms with E-state index in [9.17, 15) is 0 Å². The van der Waals surface area contributed by atoms with Gasteiger partial charge in [-0.2, -0.15) is 0 Å². The van der Waals surface area contributed by atoms with Crippen LogP contribution >= 0.6 is 0 Å². The van der Waals surface area contributed by atoms with E-state index in [1.165, 1.54) is 18.4 Å². The zero-order chi connectivity index (χ0) is 9.69. The van der Waals surface area contributed by atoms with Crippen molar-refractivity contribution >= 4 is 0 Å². The molecule has 3 rings (SSSR count). The molecular formula is C12H20O. The number of hydrogen-bond donors (Lipinski definition) is 1. The van der Waals surface area contributed by atoms with Crippen LogP contribution in [0.5, 0.6) is 0 Å². The lowest BCUT2D eigenvalue weighted by Gasteiger charge is -2.65. The third-order valence-corrected chi connectivity index (χ3v) is 4.85. The van der Waals surface area contributed by atoms with E-state index in [1.807, 2.05) is 0 Å². The molecule has 1 heteroatoms. The number of aliphatic hydroxyl groups excluding tert-OH is 1. The first-order valence-corrected chi connectivity index (χ1v) is 5.33. The van der Waals surface area contributed by atoms with Crippen LogP contribution in [0.2, 0.25) is 0 Å². The van der Waals surface area contributed by atoms with Crippen molar-refractivity contribution in [2.45, 2.75) is 40.0 Å². The van der Waals surface area contributed by atoms with E-state index in [4.69, 9.17) is 5.11 Å². The summed E-state index contributed by atoms with van der Waals surface area (Å²) in [5.41, 5.74) is 2.29. The highest BCUT2D eigenvalue weighted by Gasteiger charge is 2.61. The Labute approximate surface area is 80.8 Å². The molecule has 0 aromatic rings. The number of rotatable bonds is 2. The van der Waals surface area contributed by atoms with E-state index >= 15 is 0 Å². The molecule has 3 aliphatic rings. The van der Waals surface area contributed by atoms with Crippen molar-refractivity contribution in [1.82, 2.24) is 0 Å². The quantitative estimate of drug-likeness (QED) is 0.648. The van der Waals surface area contributed by atoms with Crippen LogP contribution < -0.4 is 0 Å². The maximum atomic E-state index is 9.13. The lowest BCUT2D eigenvalue weighted by molar-refractivity contribution is -0.114. The highest BCUT2D eigenvalue weighted by molar-refractivity contribution is 5.29. The molecule has 13 heavy (non-hydrogen) atoms. The molecule has 0 aromatic carbocycles. The fraction of sp³-hybridized carbons (Fsp3) is 0.833. The highest BCUT2D eigenvalue weighted by Crippen LogP contribution is 2.69. The van der Waals surface area contributed by atoms with Gasteiger partial charge < -0.3 is 5.11 Å². The molecule has 1 saturated carbocycles. The summed E-state index contributed by atoms with van der Waals surface area (Å²) in [6.45, 7) is 7.31. The lowest BCUT2D eigenvalue weighted by Crippen LogP contribution is -2.58. The van der Waals surface area contributed by atoms with Gasteiger partial charge in [0.2, 0.25) is 0 Å². The molecule has 0 amide bonds. The topological polar surface area (TPSA) is 20.2 Å². The van der Waals surface area contributed by atoms with E-state index in [0.717, 1.165) is 12.3 Å². The first-order chi connectivity index (χ1) is 6.04. The Balaban J connectivity index is 2.33. The van der Waals surface area contributed by atoms with Gasteiger partial charge in [-0.3, -0.25) is 0 Å². The van der Waals surface area contributed by atoms with Gasteiger partial charge in [0.25, 0.3) is 0 Å². The first-order valence-electron chi connectivity index (χ1n) is 5.33. The summed E-state index contributed by atoms with van der Waals surface area (Å²) in [6.07, 6.45) is 5.91. The van der Waals surface area contributed by atoms with Gasteiger partial charge in [0, 0.05) is 6.61 Å². The molecule has 3 aliphatic carbocycles. The second-order valence-corrected chi connectivity index (χ2v) is 5.30. The van der Waals surface area contributed by atoms with E-state index in [2.05, 4.69) is 26.8 Å². The predicted molar refractivity (Wildman–Crippen MR) is 54.4 cm³/mol. The van der Waals surface area contributed by atoms with Crippen LogP contribution in [0, 0.1) is 16.7 Å². The van der Waals surface area contributed by atoms with Crippen molar-refractivity contribution in [3.63, 3.8) is 0 Å². The maximum absolute atomic E-state index is 9.13. The average molecular weight is 180 g/mol. The van der Waals surface area contributed by atoms with Crippen LogP contribution in [0.25, 0.3) is 0 Å². The van der Waals surface area contributed by atoms with Crippen LogP contribution in [-0.4, -0.2) is 11.7 Å². The summed E-state index contributed by atoms with van der Waals surface area (Å²) in [5, 5.41) is 9.13. The second kappa shape index (κ2) is 2.60. The minimum atomic E-state index is 0.335. The van der Waals surface area contributed by atoms with Gasteiger partial charge in [-0.25, -0.2) is 0 Å². The van der Waals surface area contributed by atoms with Crippen molar-refractivity contribution in [3.05, 3.63) is 11.6 Å². The van der Waals surface area contributed by atoms with Gasteiger partial charge in [0.05, 0.1) is 0 Å². The molecule has 0 radical (unpaired) electrons. The normalized spacial score (nSPS) is 40.9. The Morgan fingerprint density at radius 2 is 2.23 bits per heavy atom. The summed E-state index contributed by atoms with van der Waals surface area (Å²) in [5.74, 6) is 0.864. The Hall–Kier alpha value is -0.300. The molecule has 1 nitrogen and oxygen atoms in total. The van der Waals surface area contributed by atoms with Crippen molar-refractivity contribution in [2.75, 3.05) is 6.61 Å². The molecule has 2 unspecified atom stereocenters. The second-order valence-electron chi connectivity index (χ2n) is 5.30. The van der Waals surface area contributed by atoms with Crippen LogP contribution in [0.3, 0.4) is 0 Å². The summed E-state index contributed by atoms with van der Waals surface area (Å²) < 4.78 is 0. The third-order valence-electron chi connectivity index (χ3n) is 4.85. The number of allylic oxidation sites excluding steroid dienone is 2. The molecule has 0 aliphatic heterocycles. The van der Waals surface area contributed by atoms with Gasteiger partial charge >= 0.3 is 0 Å². The van der Waals surface area contributed by atoms with Gasteiger partial charge in [-0.15, -0.1) is 0 Å². The van der Waals surface area contributed by atoms with E-state index < -0.39 is 0 Å². The Morgan fingerprint density at radius 3 is 2.69 bits per heavy atom. The van der Waals surface area contributed by atoms with Crippen molar-refractivity contribution < 1.29 is 5.11 Å². The fourth-order valence-electron chi connectivity index (χ4n) is 3.57. The largest absolute Gasteiger partial charge is 0.396 e. The monoisotopic (exact) mass is 180 g/mol. The molecule has 1 N–H and O–H groups in total. The molecule has 0 saturated heterocycles. The molecule has 0 spiro atoms. The van der Waals surface area contributed by atoms with Crippen molar-refractivity contribution in [3.8, 4) is 0 Å².